The predicted octanol–water partition coefficient (Wildman–Crippen LogP) is 6.62. The van der Waals surface area contributed by atoms with E-state index in [4.69, 9.17) is 9.47 Å². The van der Waals surface area contributed by atoms with Gasteiger partial charge in [-0.2, -0.15) is 0 Å². The van der Waals surface area contributed by atoms with Gasteiger partial charge in [0.25, 0.3) is 5.91 Å². The fourth-order valence-electron chi connectivity index (χ4n) is 3.87. The number of thioether (sulfide) groups is 1. The Hall–Kier alpha value is -3.58. The summed E-state index contributed by atoms with van der Waals surface area (Å²) in [6.45, 7) is 9.09. The average molecular weight is 491 g/mol. The number of carbonyl (C=O) groups excluding carboxylic acids is 1. The van der Waals surface area contributed by atoms with Crippen molar-refractivity contribution in [3.63, 3.8) is 0 Å². The van der Waals surface area contributed by atoms with Crippen molar-refractivity contribution in [3.05, 3.63) is 93.1 Å². The summed E-state index contributed by atoms with van der Waals surface area (Å²) in [5.74, 6) is 0.514. The van der Waals surface area contributed by atoms with Gasteiger partial charge in [0, 0.05) is 0 Å². The van der Waals surface area contributed by atoms with E-state index in [0.717, 1.165) is 22.9 Å². The van der Waals surface area contributed by atoms with Gasteiger partial charge in [0.05, 0.1) is 11.5 Å². The van der Waals surface area contributed by atoms with E-state index >= 15 is 0 Å². The van der Waals surface area contributed by atoms with E-state index in [1.54, 1.807) is 24.3 Å². The summed E-state index contributed by atoms with van der Waals surface area (Å²) < 4.78 is 25.9. The standard InChI is InChI=1S/C28H27FN2O3S/c1-5-33-25-14-20(10-11-24(25)34-16-21-18(3)12-17(2)13-19(21)4)15-26-27(32)31-28(35-26)30-23-9-7-6-8-22(23)29/h6-15H,5,16H2,1-4H3,(H,30,31,32)/b26-15-. The van der Waals surface area contributed by atoms with E-state index in [0.29, 0.717) is 34.8 Å². The zero-order valence-corrected chi connectivity index (χ0v) is 21.0. The molecule has 1 saturated heterocycles. The number of benzene rings is 3. The molecule has 1 amide bonds. The minimum atomic E-state index is -0.444. The fourth-order valence-corrected chi connectivity index (χ4v) is 4.71. The van der Waals surface area contributed by atoms with Gasteiger partial charge in [-0.1, -0.05) is 35.9 Å². The predicted molar refractivity (Wildman–Crippen MR) is 140 cm³/mol. The monoisotopic (exact) mass is 490 g/mol. The van der Waals surface area contributed by atoms with Gasteiger partial charge in [0.1, 0.15) is 18.1 Å². The van der Waals surface area contributed by atoms with Gasteiger partial charge in [-0.25, -0.2) is 9.38 Å². The Morgan fingerprint density at radius 2 is 1.74 bits per heavy atom. The maximum atomic E-state index is 13.9. The molecule has 0 atom stereocenters. The van der Waals surface area contributed by atoms with Crippen molar-refractivity contribution in [2.45, 2.75) is 34.3 Å². The first-order valence-electron chi connectivity index (χ1n) is 11.3. The molecular weight excluding hydrogens is 463 g/mol. The lowest BCUT2D eigenvalue weighted by Crippen LogP contribution is -2.19. The lowest BCUT2D eigenvalue weighted by molar-refractivity contribution is -0.115. The van der Waals surface area contributed by atoms with Crippen LogP contribution in [0.4, 0.5) is 10.1 Å². The number of hydrogen-bond donors (Lipinski definition) is 1. The number of ether oxygens (including phenoxy) is 2. The third-order valence-electron chi connectivity index (χ3n) is 5.50. The van der Waals surface area contributed by atoms with E-state index in [-0.39, 0.29) is 11.6 Å². The van der Waals surface area contributed by atoms with Crippen LogP contribution in [0.3, 0.4) is 0 Å². The number of hydrogen-bond acceptors (Lipinski definition) is 5. The maximum absolute atomic E-state index is 13.9. The summed E-state index contributed by atoms with van der Waals surface area (Å²) in [5.41, 5.74) is 5.74. The molecule has 1 aliphatic heterocycles. The van der Waals surface area contributed by atoms with Crippen molar-refractivity contribution in [3.8, 4) is 11.5 Å². The molecule has 0 spiro atoms. The van der Waals surface area contributed by atoms with Crippen LogP contribution in [0.2, 0.25) is 0 Å². The van der Waals surface area contributed by atoms with Crippen LogP contribution in [0, 0.1) is 26.6 Å². The number of nitrogens with zero attached hydrogens (tertiary/aromatic N) is 1. The normalized spacial score (nSPS) is 15.5. The van der Waals surface area contributed by atoms with Crippen LogP contribution >= 0.6 is 11.8 Å². The van der Waals surface area contributed by atoms with Crippen molar-refractivity contribution < 1.29 is 18.7 Å². The van der Waals surface area contributed by atoms with E-state index in [1.165, 1.54) is 22.8 Å². The van der Waals surface area contributed by atoms with Gasteiger partial charge in [-0.15, -0.1) is 0 Å². The molecular formula is C28H27FN2O3S. The number of rotatable bonds is 7. The molecule has 1 heterocycles. The van der Waals surface area contributed by atoms with Gasteiger partial charge in [0.2, 0.25) is 0 Å². The van der Waals surface area contributed by atoms with Crippen LogP contribution in [0.5, 0.6) is 11.5 Å². The van der Waals surface area contributed by atoms with Crippen molar-refractivity contribution in [2.24, 2.45) is 4.99 Å². The minimum absolute atomic E-state index is 0.177. The molecule has 3 aromatic carbocycles. The number of carbonyl (C=O) groups is 1. The second kappa shape index (κ2) is 10.8. The lowest BCUT2D eigenvalue weighted by Gasteiger charge is -2.15. The molecule has 0 aliphatic carbocycles. The third-order valence-corrected chi connectivity index (χ3v) is 6.41. The topological polar surface area (TPSA) is 59.9 Å². The Bertz CT molecular complexity index is 1310. The van der Waals surface area contributed by atoms with Gasteiger partial charge in [0.15, 0.2) is 16.7 Å². The van der Waals surface area contributed by atoms with Crippen LogP contribution in [0.25, 0.3) is 6.08 Å². The van der Waals surface area contributed by atoms with Crippen molar-refractivity contribution in [1.29, 1.82) is 0 Å². The molecule has 0 unspecified atom stereocenters. The van der Waals surface area contributed by atoms with Crippen molar-refractivity contribution in [1.82, 2.24) is 5.32 Å². The Morgan fingerprint density at radius 1 is 1.00 bits per heavy atom. The zero-order chi connectivity index (χ0) is 24.9. The van der Waals surface area contributed by atoms with Gasteiger partial charge < -0.3 is 14.8 Å². The van der Waals surface area contributed by atoms with E-state index < -0.39 is 5.82 Å². The summed E-state index contributed by atoms with van der Waals surface area (Å²) in [6, 6.07) is 16.1. The first kappa shape index (κ1) is 24.5. The van der Waals surface area contributed by atoms with Gasteiger partial charge >= 0.3 is 0 Å². The molecule has 35 heavy (non-hydrogen) atoms. The molecule has 180 valence electrons. The molecule has 7 heteroatoms. The summed E-state index contributed by atoms with van der Waals surface area (Å²) in [7, 11) is 0. The molecule has 0 radical (unpaired) electrons. The molecule has 0 aromatic heterocycles. The molecule has 1 fully saturated rings. The summed E-state index contributed by atoms with van der Waals surface area (Å²) in [6.07, 6.45) is 1.75. The van der Waals surface area contributed by atoms with Crippen LogP contribution in [0.15, 0.2) is 64.5 Å². The molecule has 3 aromatic rings. The van der Waals surface area contributed by atoms with Crippen LogP contribution in [-0.2, 0) is 11.4 Å². The average Bonchev–Trinajstić information content (AvgIpc) is 3.14. The van der Waals surface area contributed by atoms with Crippen molar-refractivity contribution in [2.75, 3.05) is 6.61 Å². The first-order valence-corrected chi connectivity index (χ1v) is 12.2. The molecule has 0 bridgehead atoms. The summed E-state index contributed by atoms with van der Waals surface area (Å²) in [5, 5.41) is 3.02. The Kier molecular flexibility index (Phi) is 7.56. The van der Waals surface area contributed by atoms with E-state index in [1.807, 2.05) is 25.1 Å². The highest BCUT2D eigenvalue weighted by Crippen LogP contribution is 2.33. The van der Waals surface area contributed by atoms with E-state index in [9.17, 15) is 9.18 Å². The lowest BCUT2D eigenvalue weighted by atomic mass is 10.0. The Morgan fingerprint density at radius 3 is 2.46 bits per heavy atom. The maximum Gasteiger partial charge on any atom is 0.264 e. The number of para-hydroxylation sites is 1. The molecule has 4 rings (SSSR count). The number of amides is 1. The Labute approximate surface area is 209 Å². The highest BCUT2D eigenvalue weighted by molar-refractivity contribution is 8.18. The molecule has 0 saturated carbocycles. The molecule has 1 aliphatic rings. The number of halogens is 1. The fraction of sp³-hybridized carbons (Fsp3) is 0.214. The first-order chi connectivity index (χ1) is 16.8. The number of aliphatic imine (C=N–C) groups is 1. The molecule has 1 N–H and O–H groups in total. The third kappa shape index (κ3) is 5.92. The highest BCUT2D eigenvalue weighted by atomic mass is 32.2. The van der Waals surface area contributed by atoms with Crippen molar-refractivity contribution >= 4 is 34.6 Å². The molecule has 5 nitrogen and oxygen atoms in total. The SMILES string of the molecule is CCOc1cc(/C=C2\SC(=Nc3ccccc3F)NC2=O)ccc1OCc1c(C)cc(C)cc1C. The highest BCUT2D eigenvalue weighted by Gasteiger charge is 2.24. The number of nitrogens with one attached hydrogen (secondary N) is 1. The van der Waals surface area contributed by atoms with Crippen LogP contribution in [-0.4, -0.2) is 17.7 Å². The van der Waals surface area contributed by atoms with Gasteiger partial charge in [-0.05, 0) is 92.1 Å². The van der Waals surface area contributed by atoms with Gasteiger partial charge in [-0.3, -0.25) is 4.79 Å². The second-order valence-corrected chi connectivity index (χ2v) is 9.27. The number of aryl methyl sites for hydroxylation is 3. The second-order valence-electron chi connectivity index (χ2n) is 8.24. The zero-order valence-electron chi connectivity index (χ0n) is 20.1. The smallest absolute Gasteiger partial charge is 0.264 e. The largest absolute Gasteiger partial charge is 0.490 e. The Balaban J connectivity index is 1.54. The number of amidine groups is 1. The quantitative estimate of drug-likeness (QED) is 0.378. The summed E-state index contributed by atoms with van der Waals surface area (Å²) >= 11 is 1.16. The summed E-state index contributed by atoms with van der Waals surface area (Å²) in [4.78, 5) is 17.1. The van der Waals surface area contributed by atoms with Crippen LogP contribution < -0.4 is 14.8 Å². The van der Waals surface area contributed by atoms with Crippen LogP contribution in [0.1, 0.15) is 34.7 Å². The van der Waals surface area contributed by atoms with E-state index in [2.05, 4.69) is 43.2 Å². The minimum Gasteiger partial charge on any atom is -0.490 e.